The Morgan fingerprint density at radius 3 is 2.74 bits per heavy atom. The molecule has 1 aromatic rings. The number of halogens is 1. The average molecular weight is 377 g/mol. The van der Waals surface area contributed by atoms with Gasteiger partial charge in [-0.2, -0.15) is 5.26 Å². The van der Waals surface area contributed by atoms with Crippen LogP contribution < -0.4 is 10.1 Å². The number of nitrogens with one attached hydrogen (secondary N) is 1. The summed E-state index contributed by atoms with van der Waals surface area (Å²) in [6.45, 7) is 3.88. The molecular formula is C18H21BrN2O2. The van der Waals surface area contributed by atoms with E-state index in [4.69, 9.17) is 4.74 Å². The van der Waals surface area contributed by atoms with Crippen LogP contribution in [0.25, 0.3) is 6.08 Å². The van der Waals surface area contributed by atoms with Crippen LogP contribution in [0.5, 0.6) is 5.75 Å². The van der Waals surface area contributed by atoms with Gasteiger partial charge in [0.05, 0.1) is 6.10 Å². The molecule has 0 bridgehead atoms. The molecule has 122 valence electrons. The van der Waals surface area contributed by atoms with Gasteiger partial charge >= 0.3 is 0 Å². The molecule has 4 nitrogen and oxygen atoms in total. The van der Waals surface area contributed by atoms with Gasteiger partial charge in [-0.05, 0) is 51.0 Å². The zero-order valence-corrected chi connectivity index (χ0v) is 15.0. The van der Waals surface area contributed by atoms with Crippen LogP contribution in [-0.4, -0.2) is 18.1 Å². The minimum Gasteiger partial charge on any atom is -0.490 e. The van der Waals surface area contributed by atoms with E-state index in [1.165, 1.54) is 0 Å². The van der Waals surface area contributed by atoms with E-state index in [-0.39, 0.29) is 23.6 Å². The van der Waals surface area contributed by atoms with Crippen LogP contribution in [0.2, 0.25) is 0 Å². The highest BCUT2D eigenvalue weighted by Crippen LogP contribution is 2.27. The van der Waals surface area contributed by atoms with Gasteiger partial charge in [0, 0.05) is 16.1 Å². The second-order valence-corrected chi connectivity index (χ2v) is 6.89. The molecule has 0 radical (unpaired) electrons. The first kappa shape index (κ1) is 17.6. The van der Waals surface area contributed by atoms with Gasteiger partial charge < -0.3 is 10.1 Å². The highest BCUT2D eigenvalue weighted by molar-refractivity contribution is 9.10. The number of ether oxygens (including phenoxy) is 1. The summed E-state index contributed by atoms with van der Waals surface area (Å²) >= 11 is 3.41. The molecule has 0 spiro atoms. The molecule has 5 heteroatoms. The van der Waals surface area contributed by atoms with Gasteiger partial charge in [0.25, 0.3) is 5.91 Å². The van der Waals surface area contributed by atoms with Gasteiger partial charge in [-0.25, -0.2) is 0 Å². The van der Waals surface area contributed by atoms with Gasteiger partial charge in [0.2, 0.25) is 0 Å². The Morgan fingerprint density at radius 1 is 1.43 bits per heavy atom. The van der Waals surface area contributed by atoms with E-state index in [9.17, 15) is 10.1 Å². The van der Waals surface area contributed by atoms with Gasteiger partial charge in [-0.3, -0.25) is 4.79 Å². The lowest BCUT2D eigenvalue weighted by molar-refractivity contribution is -0.117. The van der Waals surface area contributed by atoms with Crippen molar-refractivity contribution in [3.05, 3.63) is 33.8 Å². The number of rotatable bonds is 5. The van der Waals surface area contributed by atoms with Crippen LogP contribution >= 0.6 is 15.9 Å². The molecule has 1 aliphatic carbocycles. The topological polar surface area (TPSA) is 62.1 Å². The first-order valence-corrected chi connectivity index (χ1v) is 8.67. The minimum absolute atomic E-state index is 0.0150. The van der Waals surface area contributed by atoms with Crippen molar-refractivity contribution in [2.24, 2.45) is 0 Å². The van der Waals surface area contributed by atoms with Crippen LogP contribution in [0.1, 0.15) is 45.1 Å². The molecule has 23 heavy (non-hydrogen) atoms. The molecule has 1 saturated carbocycles. The first-order chi connectivity index (χ1) is 11.0. The monoisotopic (exact) mass is 376 g/mol. The zero-order chi connectivity index (χ0) is 16.8. The molecule has 2 rings (SSSR count). The molecule has 1 aliphatic rings. The average Bonchev–Trinajstić information content (AvgIpc) is 2.99. The zero-order valence-electron chi connectivity index (χ0n) is 13.4. The van der Waals surface area contributed by atoms with Crippen molar-refractivity contribution in [1.29, 1.82) is 5.26 Å². The molecule has 1 amide bonds. The lowest BCUT2D eigenvalue weighted by Gasteiger charge is -2.14. The van der Waals surface area contributed by atoms with Crippen molar-refractivity contribution in [3.8, 4) is 11.8 Å². The molecule has 0 unspecified atom stereocenters. The highest BCUT2D eigenvalue weighted by atomic mass is 79.9. The standard InChI is InChI=1S/C18H21BrN2O2/c1-12(2)23-17-8-7-15(19)10-13(17)9-14(11-20)18(22)21-16-5-3-4-6-16/h7-10,12,16H,3-6H2,1-2H3,(H,21,22)/b14-9+. The molecule has 0 aromatic heterocycles. The van der Waals surface area contributed by atoms with E-state index in [1.54, 1.807) is 6.08 Å². The van der Waals surface area contributed by atoms with Gasteiger partial charge in [0.1, 0.15) is 17.4 Å². The van der Waals surface area contributed by atoms with Crippen molar-refractivity contribution in [2.45, 2.75) is 51.7 Å². The van der Waals surface area contributed by atoms with Crippen LogP contribution in [0.3, 0.4) is 0 Å². The SMILES string of the molecule is CC(C)Oc1ccc(Br)cc1/C=C(\C#N)C(=O)NC1CCCC1. The predicted molar refractivity (Wildman–Crippen MR) is 93.9 cm³/mol. The maximum atomic E-state index is 12.3. The molecule has 1 N–H and O–H groups in total. The Bertz CT molecular complexity index is 641. The van der Waals surface area contributed by atoms with Crippen molar-refractivity contribution < 1.29 is 9.53 Å². The van der Waals surface area contributed by atoms with Crippen molar-refractivity contribution in [3.63, 3.8) is 0 Å². The second kappa shape index (κ2) is 8.16. The Labute approximate surface area is 145 Å². The summed E-state index contributed by atoms with van der Waals surface area (Å²) in [5.74, 6) is 0.347. The van der Waals surface area contributed by atoms with E-state index in [0.29, 0.717) is 11.3 Å². The third kappa shape index (κ3) is 5.11. The van der Waals surface area contributed by atoms with Crippen molar-refractivity contribution in [2.75, 3.05) is 0 Å². The van der Waals surface area contributed by atoms with Crippen LogP contribution in [0.15, 0.2) is 28.2 Å². The van der Waals surface area contributed by atoms with Crippen LogP contribution in [0.4, 0.5) is 0 Å². The van der Waals surface area contributed by atoms with E-state index in [0.717, 1.165) is 30.2 Å². The number of carbonyl (C=O) groups excluding carboxylic acids is 1. The summed E-state index contributed by atoms with van der Waals surface area (Å²) in [6.07, 6.45) is 5.85. The Balaban J connectivity index is 2.24. The largest absolute Gasteiger partial charge is 0.490 e. The smallest absolute Gasteiger partial charge is 0.262 e. The molecule has 1 aromatic carbocycles. The number of hydrogen-bond donors (Lipinski definition) is 1. The van der Waals surface area contributed by atoms with E-state index in [2.05, 4.69) is 21.2 Å². The summed E-state index contributed by atoms with van der Waals surface area (Å²) in [7, 11) is 0. The van der Waals surface area contributed by atoms with E-state index >= 15 is 0 Å². The van der Waals surface area contributed by atoms with Crippen LogP contribution in [-0.2, 0) is 4.79 Å². The molecule has 0 saturated heterocycles. The highest BCUT2D eigenvalue weighted by Gasteiger charge is 2.19. The third-order valence-corrected chi connectivity index (χ3v) is 4.18. The molecule has 0 aliphatic heterocycles. The summed E-state index contributed by atoms with van der Waals surface area (Å²) in [5.41, 5.74) is 0.815. The van der Waals surface area contributed by atoms with E-state index < -0.39 is 0 Å². The lowest BCUT2D eigenvalue weighted by atomic mass is 10.1. The Kier molecular flexibility index (Phi) is 6.23. The quantitative estimate of drug-likeness (QED) is 0.618. The number of nitrogens with zero attached hydrogens (tertiary/aromatic N) is 1. The van der Waals surface area contributed by atoms with Crippen molar-refractivity contribution >= 4 is 27.9 Å². The maximum Gasteiger partial charge on any atom is 0.262 e. The number of nitriles is 1. The van der Waals surface area contributed by atoms with Gasteiger partial charge in [-0.15, -0.1) is 0 Å². The fourth-order valence-corrected chi connectivity index (χ4v) is 3.01. The molecule has 0 atom stereocenters. The number of amides is 1. The molecule has 0 heterocycles. The fourth-order valence-electron chi connectivity index (χ4n) is 2.63. The lowest BCUT2D eigenvalue weighted by Crippen LogP contribution is -2.33. The Morgan fingerprint density at radius 2 is 2.13 bits per heavy atom. The number of hydrogen-bond acceptors (Lipinski definition) is 3. The molecule has 1 fully saturated rings. The van der Waals surface area contributed by atoms with E-state index in [1.807, 2.05) is 38.1 Å². The Hall–Kier alpha value is -1.80. The van der Waals surface area contributed by atoms with Gasteiger partial charge in [-0.1, -0.05) is 28.8 Å². The minimum atomic E-state index is -0.310. The second-order valence-electron chi connectivity index (χ2n) is 5.97. The summed E-state index contributed by atoms with van der Waals surface area (Å²) in [4.78, 5) is 12.3. The summed E-state index contributed by atoms with van der Waals surface area (Å²) in [6, 6.07) is 7.74. The van der Waals surface area contributed by atoms with Crippen LogP contribution in [0, 0.1) is 11.3 Å². The normalized spacial score (nSPS) is 15.5. The third-order valence-electron chi connectivity index (χ3n) is 3.69. The maximum absolute atomic E-state index is 12.3. The summed E-state index contributed by atoms with van der Waals surface area (Å²) in [5, 5.41) is 12.3. The number of benzene rings is 1. The molecular weight excluding hydrogens is 356 g/mol. The fraction of sp³-hybridized carbons (Fsp3) is 0.444. The predicted octanol–water partition coefficient (Wildman–Crippen LogP) is 4.20. The number of carbonyl (C=O) groups is 1. The summed E-state index contributed by atoms with van der Waals surface area (Å²) < 4.78 is 6.62. The first-order valence-electron chi connectivity index (χ1n) is 7.88. The van der Waals surface area contributed by atoms with Crippen molar-refractivity contribution in [1.82, 2.24) is 5.32 Å². The van der Waals surface area contributed by atoms with Gasteiger partial charge in [0.15, 0.2) is 0 Å².